The van der Waals surface area contributed by atoms with E-state index in [1.54, 1.807) is 17.3 Å². The van der Waals surface area contributed by atoms with Gasteiger partial charge >= 0.3 is 0 Å². The number of carbonyl (C=O) groups excluding carboxylic acids is 1. The molecule has 13 heavy (non-hydrogen) atoms. The molecule has 1 fully saturated rings. The molecular weight excluding hydrogens is 166 g/mol. The van der Waals surface area contributed by atoms with Crippen LogP contribution in [0.15, 0.2) is 18.7 Å². The van der Waals surface area contributed by atoms with Crippen LogP contribution in [0.5, 0.6) is 0 Å². The van der Waals surface area contributed by atoms with Crippen LogP contribution in [0.3, 0.4) is 0 Å². The number of rotatable bonds is 1. The highest BCUT2D eigenvalue weighted by molar-refractivity contribution is 5.96. The smallest absolute Gasteiger partial charge is 0.229 e. The Balaban J connectivity index is 2.24. The van der Waals surface area contributed by atoms with Crippen molar-refractivity contribution < 1.29 is 4.79 Å². The summed E-state index contributed by atoms with van der Waals surface area (Å²) in [5.41, 5.74) is 0.803. The molecule has 2 rings (SSSR count). The summed E-state index contributed by atoms with van der Waals surface area (Å²) in [5.74, 6) is 0.315. The maximum atomic E-state index is 11.6. The number of anilines is 1. The van der Waals surface area contributed by atoms with Crippen LogP contribution in [0.2, 0.25) is 0 Å². The quantitative estimate of drug-likeness (QED) is 0.638. The summed E-state index contributed by atoms with van der Waals surface area (Å²) in [6, 6.07) is 0. The molecule has 0 N–H and O–H groups in total. The van der Waals surface area contributed by atoms with E-state index in [4.69, 9.17) is 0 Å². The highest BCUT2D eigenvalue weighted by atomic mass is 16.2. The number of carbonyl (C=O) groups is 1. The summed E-state index contributed by atoms with van der Waals surface area (Å²) in [6.07, 6.45) is 5.73. The van der Waals surface area contributed by atoms with Gasteiger partial charge in [0.05, 0.1) is 18.1 Å². The maximum Gasteiger partial charge on any atom is 0.229 e. The molecule has 0 saturated carbocycles. The van der Waals surface area contributed by atoms with Crippen molar-refractivity contribution in [2.45, 2.75) is 13.3 Å². The van der Waals surface area contributed by atoms with Gasteiger partial charge in [0.15, 0.2) is 0 Å². The van der Waals surface area contributed by atoms with E-state index >= 15 is 0 Å². The molecule has 1 atom stereocenters. The first-order valence-electron chi connectivity index (χ1n) is 4.35. The van der Waals surface area contributed by atoms with E-state index in [2.05, 4.69) is 9.97 Å². The first kappa shape index (κ1) is 8.16. The molecule has 1 aromatic rings. The van der Waals surface area contributed by atoms with Crippen LogP contribution in [-0.4, -0.2) is 22.4 Å². The van der Waals surface area contributed by atoms with Crippen molar-refractivity contribution in [2.75, 3.05) is 11.4 Å². The zero-order chi connectivity index (χ0) is 9.26. The van der Waals surface area contributed by atoms with Gasteiger partial charge in [0.25, 0.3) is 0 Å². The van der Waals surface area contributed by atoms with Gasteiger partial charge in [-0.1, -0.05) is 6.92 Å². The van der Waals surface area contributed by atoms with Gasteiger partial charge in [0.2, 0.25) is 5.91 Å². The van der Waals surface area contributed by atoms with Crippen molar-refractivity contribution in [2.24, 2.45) is 5.92 Å². The Morgan fingerprint density at radius 3 is 2.69 bits per heavy atom. The number of aromatic nitrogens is 2. The summed E-state index contributed by atoms with van der Waals surface area (Å²) in [4.78, 5) is 21.1. The Hall–Kier alpha value is -1.45. The molecule has 0 spiro atoms. The molecule has 0 aromatic carbocycles. The fourth-order valence-corrected chi connectivity index (χ4v) is 1.51. The van der Waals surface area contributed by atoms with Crippen LogP contribution >= 0.6 is 0 Å². The molecule has 0 aliphatic carbocycles. The van der Waals surface area contributed by atoms with Crippen LogP contribution < -0.4 is 4.90 Å². The molecule has 1 aliphatic rings. The van der Waals surface area contributed by atoms with Crippen LogP contribution in [0.25, 0.3) is 0 Å². The second kappa shape index (κ2) is 3.12. The highest BCUT2D eigenvalue weighted by Crippen LogP contribution is 2.22. The number of hydrogen-bond acceptors (Lipinski definition) is 3. The molecule has 0 unspecified atom stereocenters. The minimum Gasteiger partial charge on any atom is -0.309 e. The van der Waals surface area contributed by atoms with E-state index in [0.29, 0.717) is 0 Å². The lowest BCUT2D eigenvalue weighted by molar-refractivity contribution is -0.119. The summed E-state index contributed by atoms with van der Waals surface area (Å²) < 4.78 is 0. The molecule has 0 bridgehead atoms. The van der Waals surface area contributed by atoms with E-state index in [1.807, 2.05) is 6.92 Å². The zero-order valence-electron chi connectivity index (χ0n) is 7.47. The van der Waals surface area contributed by atoms with Gasteiger partial charge in [-0.15, -0.1) is 0 Å². The van der Waals surface area contributed by atoms with Crippen LogP contribution in [-0.2, 0) is 4.79 Å². The maximum absolute atomic E-state index is 11.6. The van der Waals surface area contributed by atoms with Gasteiger partial charge in [0, 0.05) is 12.5 Å². The second-order valence-electron chi connectivity index (χ2n) is 3.28. The van der Waals surface area contributed by atoms with Gasteiger partial charge in [-0.3, -0.25) is 4.79 Å². The molecule has 2 heterocycles. The summed E-state index contributed by atoms with van der Waals surface area (Å²) >= 11 is 0. The van der Waals surface area contributed by atoms with E-state index < -0.39 is 0 Å². The third-order valence-corrected chi connectivity index (χ3v) is 2.33. The molecule has 68 valence electrons. The molecular formula is C9H11N3O. The summed E-state index contributed by atoms with van der Waals surface area (Å²) in [6.45, 7) is 2.74. The van der Waals surface area contributed by atoms with Crippen molar-refractivity contribution in [3.8, 4) is 0 Å². The summed E-state index contributed by atoms with van der Waals surface area (Å²) in [5, 5.41) is 0. The topological polar surface area (TPSA) is 46.1 Å². The van der Waals surface area contributed by atoms with Gasteiger partial charge < -0.3 is 4.90 Å². The Morgan fingerprint density at radius 1 is 1.46 bits per heavy atom. The van der Waals surface area contributed by atoms with Gasteiger partial charge in [0.1, 0.15) is 6.33 Å². The van der Waals surface area contributed by atoms with Gasteiger partial charge in [-0.25, -0.2) is 9.97 Å². The second-order valence-corrected chi connectivity index (χ2v) is 3.28. The predicted octanol–water partition coefficient (Wildman–Crippen LogP) is 0.849. The largest absolute Gasteiger partial charge is 0.309 e. The number of nitrogens with zero attached hydrogens (tertiary/aromatic N) is 3. The third kappa shape index (κ3) is 1.39. The Kier molecular flexibility index (Phi) is 1.96. The highest BCUT2D eigenvalue weighted by Gasteiger charge is 2.28. The Morgan fingerprint density at radius 2 is 2.15 bits per heavy atom. The van der Waals surface area contributed by atoms with Crippen LogP contribution in [0.1, 0.15) is 13.3 Å². The molecule has 0 radical (unpaired) electrons. The molecule has 1 amide bonds. The minimum atomic E-state index is 0.139. The molecule has 1 saturated heterocycles. The van der Waals surface area contributed by atoms with Crippen molar-refractivity contribution in [1.82, 2.24) is 9.97 Å². The monoisotopic (exact) mass is 177 g/mol. The fourth-order valence-electron chi connectivity index (χ4n) is 1.51. The molecule has 1 aromatic heterocycles. The van der Waals surface area contributed by atoms with Crippen molar-refractivity contribution >= 4 is 11.6 Å². The zero-order valence-corrected chi connectivity index (χ0v) is 7.47. The van der Waals surface area contributed by atoms with Crippen molar-refractivity contribution in [3.05, 3.63) is 18.7 Å². The summed E-state index contributed by atoms with van der Waals surface area (Å²) in [7, 11) is 0. The standard InChI is InChI=1S/C9H11N3O/c1-7-2-3-12(9(7)13)8-4-10-6-11-5-8/h4-7H,2-3H2,1H3/t7-/m0/s1. The predicted molar refractivity (Wildman–Crippen MR) is 48.2 cm³/mol. The minimum absolute atomic E-state index is 0.139. The van der Waals surface area contributed by atoms with Crippen LogP contribution in [0.4, 0.5) is 5.69 Å². The van der Waals surface area contributed by atoms with Crippen molar-refractivity contribution in [3.63, 3.8) is 0 Å². The fraction of sp³-hybridized carbons (Fsp3) is 0.444. The lowest BCUT2D eigenvalue weighted by atomic mass is 10.1. The van der Waals surface area contributed by atoms with Crippen molar-refractivity contribution in [1.29, 1.82) is 0 Å². The number of hydrogen-bond donors (Lipinski definition) is 0. The number of amides is 1. The SMILES string of the molecule is C[C@H]1CCN(c2cncnc2)C1=O. The lowest BCUT2D eigenvalue weighted by Gasteiger charge is -2.14. The first-order chi connectivity index (χ1) is 6.29. The average Bonchev–Trinajstić information content (AvgIpc) is 2.49. The molecule has 1 aliphatic heterocycles. The Bertz CT molecular complexity index is 312. The normalized spacial score (nSPS) is 22.4. The molecule has 4 nitrogen and oxygen atoms in total. The van der Waals surface area contributed by atoms with Crippen LogP contribution in [0, 0.1) is 5.92 Å². The van der Waals surface area contributed by atoms with Gasteiger partial charge in [-0.2, -0.15) is 0 Å². The van der Waals surface area contributed by atoms with E-state index in [0.717, 1.165) is 18.7 Å². The van der Waals surface area contributed by atoms with E-state index in [-0.39, 0.29) is 11.8 Å². The Labute approximate surface area is 76.6 Å². The van der Waals surface area contributed by atoms with E-state index in [1.165, 1.54) is 6.33 Å². The first-order valence-corrected chi connectivity index (χ1v) is 4.35. The third-order valence-electron chi connectivity index (χ3n) is 2.33. The average molecular weight is 177 g/mol. The molecule has 4 heteroatoms. The van der Waals surface area contributed by atoms with Gasteiger partial charge in [-0.05, 0) is 6.42 Å². The lowest BCUT2D eigenvalue weighted by Crippen LogP contribution is -2.26. The van der Waals surface area contributed by atoms with E-state index in [9.17, 15) is 4.79 Å².